The number of carbonyl (C=O) groups excluding carboxylic acids is 1. The smallest absolute Gasteiger partial charge is 0.326 e. The van der Waals surface area contributed by atoms with E-state index in [1.807, 2.05) is 30.3 Å². The van der Waals surface area contributed by atoms with Crippen LogP contribution in [0.2, 0.25) is 10.0 Å². The van der Waals surface area contributed by atoms with Gasteiger partial charge in [-0.2, -0.15) is 0 Å². The highest BCUT2D eigenvalue weighted by molar-refractivity contribution is 6.35. The van der Waals surface area contributed by atoms with Gasteiger partial charge in [0.1, 0.15) is 12.6 Å². The maximum absolute atomic E-state index is 11.9. The zero-order valence-electron chi connectivity index (χ0n) is 13.2. The van der Waals surface area contributed by atoms with Crippen LogP contribution in [0.3, 0.4) is 0 Å². The Bertz CT molecular complexity index is 737. The number of carboxylic acids is 1. The molecule has 0 radical (unpaired) electrons. The first-order valence-electron chi connectivity index (χ1n) is 7.53. The van der Waals surface area contributed by atoms with E-state index >= 15 is 0 Å². The van der Waals surface area contributed by atoms with Crippen LogP contribution in [-0.2, 0) is 27.4 Å². The lowest BCUT2D eigenvalue weighted by molar-refractivity contribution is -0.142. The van der Waals surface area contributed by atoms with Gasteiger partial charge >= 0.3 is 5.97 Å². The molecule has 0 fully saturated rings. The van der Waals surface area contributed by atoms with Crippen LogP contribution >= 0.6 is 23.2 Å². The first-order valence-corrected chi connectivity index (χ1v) is 8.29. The summed E-state index contributed by atoms with van der Waals surface area (Å²) < 4.78 is 5.30. The molecular weight excluding hydrogens is 365 g/mol. The number of rotatable bonds is 8. The third-order valence-corrected chi connectivity index (χ3v) is 4.00. The third-order valence-electron chi connectivity index (χ3n) is 3.42. The van der Waals surface area contributed by atoms with E-state index in [9.17, 15) is 14.7 Å². The molecule has 0 unspecified atom stereocenters. The molecule has 25 heavy (non-hydrogen) atoms. The molecule has 5 nitrogen and oxygen atoms in total. The van der Waals surface area contributed by atoms with Gasteiger partial charge in [0.15, 0.2) is 0 Å². The van der Waals surface area contributed by atoms with Crippen LogP contribution in [0.4, 0.5) is 0 Å². The number of carbonyl (C=O) groups is 2. The van der Waals surface area contributed by atoms with Gasteiger partial charge in [0.05, 0.1) is 6.61 Å². The van der Waals surface area contributed by atoms with Crippen molar-refractivity contribution in [2.24, 2.45) is 0 Å². The Balaban J connectivity index is 1.87. The Kier molecular flexibility index (Phi) is 7.25. The predicted octanol–water partition coefficient (Wildman–Crippen LogP) is 3.32. The van der Waals surface area contributed by atoms with E-state index in [0.717, 1.165) is 5.56 Å². The standard InChI is InChI=1S/C18H17Cl2NO4/c19-14-7-6-13(15(20)9-14)8-16(18(23)24)21-17(22)11-25-10-12-4-2-1-3-5-12/h1-7,9,16H,8,10-11H2,(H,21,22)(H,23,24)/t16-/m0/s1. The van der Waals surface area contributed by atoms with Gasteiger partial charge in [-0.1, -0.05) is 59.6 Å². The van der Waals surface area contributed by atoms with Gasteiger partial charge in [0.25, 0.3) is 0 Å². The molecule has 1 atom stereocenters. The average molecular weight is 382 g/mol. The van der Waals surface area contributed by atoms with E-state index in [2.05, 4.69) is 5.32 Å². The fourth-order valence-corrected chi connectivity index (χ4v) is 2.66. The summed E-state index contributed by atoms with van der Waals surface area (Å²) in [6, 6.07) is 13.1. The number of halogens is 2. The van der Waals surface area contributed by atoms with Gasteiger partial charge in [0.2, 0.25) is 5.91 Å². The van der Waals surface area contributed by atoms with Crippen molar-refractivity contribution in [3.05, 3.63) is 69.7 Å². The van der Waals surface area contributed by atoms with E-state index < -0.39 is 17.9 Å². The van der Waals surface area contributed by atoms with E-state index in [-0.39, 0.29) is 19.6 Å². The fraction of sp³-hybridized carbons (Fsp3) is 0.222. The molecule has 0 aromatic heterocycles. The van der Waals surface area contributed by atoms with Gasteiger partial charge in [-0.25, -0.2) is 4.79 Å². The summed E-state index contributed by atoms with van der Waals surface area (Å²) in [7, 11) is 0. The summed E-state index contributed by atoms with van der Waals surface area (Å²) in [5.41, 5.74) is 1.52. The molecule has 132 valence electrons. The minimum absolute atomic E-state index is 0.0514. The molecule has 0 spiro atoms. The lowest BCUT2D eigenvalue weighted by Gasteiger charge is -2.15. The molecule has 0 aliphatic heterocycles. The van der Waals surface area contributed by atoms with Crippen molar-refractivity contribution in [2.45, 2.75) is 19.1 Å². The second-order valence-electron chi connectivity index (χ2n) is 5.38. The summed E-state index contributed by atoms with van der Waals surface area (Å²) in [5, 5.41) is 12.6. The first-order chi connectivity index (χ1) is 12.0. The summed E-state index contributed by atoms with van der Waals surface area (Å²) >= 11 is 11.9. The van der Waals surface area contributed by atoms with Crippen molar-refractivity contribution in [3.63, 3.8) is 0 Å². The van der Waals surface area contributed by atoms with E-state index in [0.29, 0.717) is 15.6 Å². The van der Waals surface area contributed by atoms with Crippen LogP contribution in [0, 0.1) is 0 Å². The van der Waals surface area contributed by atoms with Gasteiger partial charge in [-0.15, -0.1) is 0 Å². The predicted molar refractivity (Wildman–Crippen MR) is 95.8 cm³/mol. The van der Waals surface area contributed by atoms with Gasteiger partial charge in [-0.3, -0.25) is 4.79 Å². The van der Waals surface area contributed by atoms with Crippen molar-refractivity contribution < 1.29 is 19.4 Å². The highest BCUT2D eigenvalue weighted by atomic mass is 35.5. The van der Waals surface area contributed by atoms with Crippen LogP contribution in [0.25, 0.3) is 0 Å². The molecule has 1 amide bonds. The van der Waals surface area contributed by atoms with Crippen LogP contribution in [0.15, 0.2) is 48.5 Å². The molecule has 0 saturated carbocycles. The molecule has 0 aliphatic rings. The SMILES string of the molecule is O=C(COCc1ccccc1)N[C@@H](Cc1ccc(Cl)cc1Cl)C(=O)O. The molecule has 2 aromatic rings. The quantitative estimate of drug-likeness (QED) is 0.735. The zero-order chi connectivity index (χ0) is 18.2. The normalized spacial score (nSPS) is 11.8. The van der Waals surface area contributed by atoms with Crippen molar-refractivity contribution in [2.75, 3.05) is 6.61 Å². The third kappa shape index (κ3) is 6.38. The topological polar surface area (TPSA) is 75.6 Å². The van der Waals surface area contributed by atoms with Crippen molar-refractivity contribution in [1.82, 2.24) is 5.32 Å². The molecule has 0 bridgehead atoms. The van der Waals surface area contributed by atoms with Crippen LogP contribution in [-0.4, -0.2) is 29.6 Å². The fourth-order valence-electron chi connectivity index (χ4n) is 2.18. The Labute approximate surface area is 155 Å². The average Bonchev–Trinajstić information content (AvgIpc) is 2.57. The number of ether oxygens (including phenoxy) is 1. The molecule has 2 rings (SSSR count). The summed E-state index contributed by atoms with van der Waals surface area (Å²) in [6.45, 7) is 0.0437. The lowest BCUT2D eigenvalue weighted by Crippen LogP contribution is -2.43. The number of amides is 1. The Hall–Kier alpha value is -2.08. The Morgan fingerprint density at radius 1 is 1.12 bits per heavy atom. The Morgan fingerprint density at radius 2 is 1.84 bits per heavy atom. The molecule has 2 N–H and O–H groups in total. The molecule has 0 aliphatic carbocycles. The Morgan fingerprint density at radius 3 is 2.48 bits per heavy atom. The molecule has 7 heteroatoms. The largest absolute Gasteiger partial charge is 0.480 e. The first kappa shape index (κ1) is 19.2. The molecule has 0 saturated heterocycles. The van der Waals surface area contributed by atoms with Crippen molar-refractivity contribution in [3.8, 4) is 0 Å². The summed E-state index contributed by atoms with van der Waals surface area (Å²) in [6.07, 6.45) is 0.0514. The number of carboxylic acid groups (broad SMARTS) is 1. The van der Waals surface area contributed by atoms with E-state index in [1.165, 1.54) is 6.07 Å². The second kappa shape index (κ2) is 9.42. The number of hydrogen-bond acceptors (Lipinski definition) is 3. The maximum Gasteiger partial charge on any atom is 0.326 e. The number of hydrogen-bond donors (Lipinski definition) is 2. The monoisotopic (exact) mass is 381 g/mol. The summed E-state index contributed by atoms with van der Waals surface area (Å²) in [5.74, 6) is -1.66. The van der Waals surface area contributed by atoms with Crippen LogP contribution in [0.1, 0.15) is 11.1 Å². The molecule has 0 heterocycles. The van der Waals surface area contributed by atoms with Gasteiger partial charge in [0, 0.05) is 16.5 Å². The van der Waals surface area contributed by atoms with Gasteiger partial charge < -0.3 is 15.2 Å². The number of benzene rings is 2. The van der Waals surface area contributed by atoms with Crippen LogP contribution in [0.5, 0.6) is 0 Å². The highest BCUT2D eigenvalue weighted by Gasteiger charge is 2.21. The van der Waals surface area contributed by atoms with Gasteiger partial charge in [-0.05, 0) is 23.3 Å². The number of nitrogens with one attached hydrogen (secondary N) is 1. The minimum atomic E-state index is -1.15. The van der Waals surface area contributed by atoms with E-state index in [1.54, 1.807) is 12.1 Å². The summed E-state index contributed by atoms with van der Waals surface area (Å²) in [4.78, 5) is 23.3. The molecular formula is C18H17Cl2NO4. The minimum Gasteiger partial charge on any atom is -0.480 e. The number of aliphatic carboxylic acids is 1. The second-order valence-corrected chi connectivity index (χ2v) is 6.22. The zero-order valence-corrected chi connectivity index (χ0v) is 14.8. The van der Waals surface area contributed by atoms with Crippen molar-refractivity contribution in [1.29, 1.82) is 0 Å². The molecule has 2 aromatic carbocycles. The van der Waals surface area contributed by atoms with Crippen molar-refractivity contribution >= 4 is 35.1 Å². The van der Waals surface area contributed by atoms with Crippen LogP contribution < -0.4 is 5.32 Å². The highest BCUT2D eigenvalue weighted by Crippen LogP contribution is 2.22. The maximum atomic E-state index is 11.9. The lowest BCUT2D eigenvalue weighted by atomic mass is 10.1. The van der Waals surface area contributed by atoms with E-state index in [4.69, 9.17) is 27.9 Å².